The van der Waals surface area contributed by atoms with E-state index in [-0.39, 0.29) is 11.7 Å². The third kappa shape index (κ3) is 5.15. The molecule has 2 saturated heterocycles. The Hall–Kier alpha value is -3.17. The molecule has 2 aromatic heterocycles. The molecule has 0 amide bonds. The van der Waals surface area contributed by atoms with Crippen LogP contribution < -0.4 is 10.2 Å². The molecule has 5 rings (SSSR count). The van der Waals surface area contributed by atoms with E-state index in [9.17, 15) is 4.39 Å². The van der Waals surface area contributed by atoms with E-state index >= 15 is 0 Å². The van der Waals surface area contributed by atoms with Crippen molar-refractivity contribution in [2.45, 2.75) is 31.7 Å². The Kier molecular flexibility index (Phi) is 6.64. The van der Waals surface area contributed by atoms with E-state index in [1.165, 1.54) is 6.07 Å². The SMILES string of the molecule is C[C@H]1CC[C@@H](c2nc(Nc3cc(F)cc(N4CCOCC4)c3)cc(-c3cnccn3)n2)CN1C. The third-order valence-electron chi connectivity index (χ3n) is 6.66. The summed E-state index contributed by atoms with van der Waals surface area (Å²) in [4.78, 5) is 22.8. The molecule has 3 aromatic rings. The maximum Gasteiger partial charge on any atom is 0.135 e. The first kappa shape index (κ1) is 22.6. The fourth-order valence-electron chi connectivity index (χ4n) is 4.57. The number of likely N-dealkylation sites (N-methyl/N-ethyl adjacent to an activating group) is 1. The van der Waals surface area contributed by atoms with Crippen LogP contribution >= 0.6 is 0 Å². The Morgan fingerprint density at radius 1 is 1.03 bits per heavy atom. The normalized spacial score (nSPS) is 21.4. The Morgan fingerprint density at radius 3 is 2.65 bits per heavy atom. The molecule has 178 valence electrons. The van der Waals surface area contributed by atoms with Gasteiger partial charge in [-0.3, -0.25) is 9.97 Å². The molecule has 0 unspecified atom stereocenters. The van der Waals surface area contributed by atoms with Crippen molar-refractivity contribution in [1.29, 1.82) is 0 Å². The van der Waals surface area contributed by atoms with Crippen molar-refractivity contribution in [3.05, 3.63) is 54.5 Å². The van der Waals surface area contributed by atoms with Crippen LogP contribution in [0.3, 0.4) is 0 Å². The zero-order valence-electron chi connectivity index (χ0n) is 19.6. The van der Waals surface area contributed by atoms with Gasteiger partial charge in [-0.25, -0.2) is 14.4 Å². The predicted octanol–water partition coefficient (Wildman–Crippen LogP) is 3.85. The molecule has 34 heavy (non-hydrogen) atoms. The molecular formula is C25H30FN7O. The van der Waals surface area contributed by atoms with Gasteiger partial charge in [0.15, 0.2) is 0 Å². The van der Waals surface area contributed by atoms with Gasteiger partial charge >= 0.3 is 0 Å². The molecule has 2 aliphatic rings. The van der Waals surface area contributed by atoms with Crippen molar-refractivity contribution in [3.63, 3.8) is 0 Å². The van der Waals surface area contributed by atoms with E-state index < -0.39 is 0 Å². The number of halogens is 1. The molecule has 1 aromatic carbocycles. The van der Waals surface area contributed by atoms with Gasteiger partial charge in [0.1, 0.15) is 23.2 Å². The highest BCUT2D eigenvalue weighted by Gasteiger charge is 2.26. The number of anilines is 3. The maximum atomic E-state index is 14.5. The van der Waals surface area contributed by atoms with E-state index in [4.69, 9.17) is 14.7 Å². The fraction of sp³-hybridized carbons (Fsp3) is 0.440. The predicted molar refractivity (Wildman–Crippen MR) is 130 cm³/mol. The summed E-state index contributed by atoms with van der Waals surface area (Å²) in [5.41, 5.74) is 2.86. The first-order chi connectivity index (χ1) is 16.5. The van der Waals surface area contributed by atoms with Crippen LogP contribution in [-0.4, -0.2) is 70.8 Å². The van der Waals surface area contributed by atoms with Gasteiger partial charge in [0.05, 0.1) is 25.1 Å². The summed E-state index contributed by atoms with van der Waals surface area (Å²) in [7, 11) is 2.14. The van der Waals surface area contributed by atoms with Gasteiger partial charge in [-0.15, -0.1) is 0 Å². The van der Waals surface area contributed by atoms with Crippen molar-refractivity contribution < 1.29 is 9.13 Å². The monoisotopic (exact) mass is 463 g/mol. The second kappa shape index (κ2) is 9.99. The topological polar surface area (TPSA) is 79.3 Å². The minimum Gasteiger partial charge on any atom is -0.378 e. The molecule has 0 radical (unpaired) electrons. The number of ether oxygens (including phenoxy) is 1. The highest BCUT2D eigenvalue weighted by atomic mass is 19.1. The first-order valence-corrected chi connectivity index (χ1v) is 11.8. The number of nitrogens with zero attached hydrogens (tertiary/aromatic N) is 6. The lowest BCUT2D eigenvalue weighted by Crippen LogP contribution is -2.38. The number of piperidine rings is 1. The summed E-state index contributed by atoms with van der Waals surface area (Å²) in [6, 6.07) is 7.40. The standard InChI is InChI=1S/C25H30FN7O/c1-17-3-4-18(16-32(17)2)25-30-22(23-15-27-5-6-28-23)14-24(31-25)29-20-11-19(26)12-21(13-20)33-7-9-34-10-8-33/h5-6,11-15,17-18H,3-4,7-10,16H2,1-2H3,(H,29,30,31)/t17-,18+/m0/s1. The summed E-state index contributed by atoms with van der Waals surface area (Å²) >= 11 is 0. The third-order valence-corrected chi connectivity index (χ3v) is 6.66. The van der Waals surface area contributed by atoms with Crippen LogP contribution in [0.4, 0.5) is 21.6 Å². The maximum absolute atomic E-state index is 14.5. The zero-order valence-corrected chi connectivity index (χ0v) is 19.6. The molecule has 8 nitrogen and oxygen atoms in total. The number of morpholine rings is 1. The summed E-state index contributed by atoms with van der Waals surface area (Å²) in [6.45, 7) is 5.91. The van der Waals surface area contributed by atoms with Gasteiger partial charge in [-0.1, -0.05) is 0 Å². The lowest BCUT2D eigenvalue weighted by Gasteiger charge is -2.34. The molecular weight excluding hydrogens is 433 g/mol. The van der Waals surface area contributed by atoms with Crippen LogP contribution in [-0.2, 0) is 4.74 Å². The number of aromatic nitrogens is 4. The molecule has 2 fully saturated rings. The van der Waals surface area contributed by atoms with Gasteiger partial charge in [0, 0.05) is 61.4 Å². The molecule has 2 aliphatic heterocycles. The number of nitrogens with one attached hydrogen (secondary N) is 1. The fourth-order valence-corrected chi connectivity index (χ4v) is 4.57. The van der Waals surface area contributed by atoms with E-state index in [2.05, 4.69) is 39.1 Å². The number of likely N-dealkylation sites (tertiary alicyclic amines) is 1. The van der Waals surface area contributed by atoms with Crippen LogP contribution in [0.2, 0.25) is 0 Å². The van der Waals surface area contributed by atoms with Crippen molar-refractivity contribution >= 4 is 17.2 Å². The second-order valence-electron chi connectivity index (χ2n) is 9.07. The molecule has 4 heterocycles. The highest BCUT2D eigenvalue weighted by molar-refractivity contribution is 5.66. The molecule has 0 saturated carbocycles. The van der Waals surface area contributed by atoms with Crippen LogP contribution in [0.5, 0.6) is 0 Å². The Bertz CT molecular complexity index is 1120. The smallest absolute Gasteiger partial charge is 0.135 e. The van der Waals surface area contributed by atoms with Gasteiger partial charge in [-0.2, -0.15) is 0 Å². The number of benzene rings is 1. The average molecular weight is 464 g/mol. The Balaban J connectivity index is 1.48. The van der Waals surface area contributed by atoms with Gasteiger partial charge in [-0.05, 0) is 45.0 Å². The summed E-state index contributed by atoms with van der Waals surface area (Å²) in [5.74, 6) is 1.31. The van der Waals surface area contributed by atoms with Crippen molar-refractivity contribution in [2.75, 3.05) is 50.1 Å². The van der Waals surface area contributed by atoms with E-state index in [1.54, 1.807) is 24.7 Å². The van der Waals surface area contributed by atoms with Crippen molar-refractivity contribution in [1.82, 2.24) is 24.8 Å². The minimum atomic E-state index is -0.294. The minimum absolute atomic E-state index is 0.217. The zero-order chi connectivity index (χ0) is 23.5. The van der Waals surface area contributed by atoms with Crippen LogP contribution in [0, 0.1) is 5.82 Å². The van der Waals surface area contributed by atoms with Gasteiger partial charge in [0.25, 0.3) is 0 Å². The Labute approximate surface area is 199 Å². The molecule has 0 aliphatic carbocycles. The molecule has 9 heteroatoms. The number of rotatable bonds is 5. The van der Waals surface area contributed by atoms with E-state index in [1.807, 2.05) is 12.1 Å². The summed E-state index contributed by atoms with van der Waals surface area (Å²) < 4.78 is 20.0. The van der Waals surface area contributed by atoms with Gasteiger partial charge in [0.2, 0.25) is 0 Å². The van der Waals surface area contributed by atoms with E-state index in [0.29, 0.717) is 42.1 Å². The van der Waals surface area contributed by atoms with Crippen LogP contribution in [0.15, 0.2) is 42.9 Å². The largest absolute Gasteiger partial charge is 0.378 e. The highest BCUT2D eigenvalue weighted by Crippen LogP contribution is 2.31. The Morgan fingerprint density at radius 2 is 1.88 bits per heavy atom. The molecule has 0 bridgehead atoms. The van der Waals surface area contributed by atoms with Crippen LogP contribution in [0.25, 0.3) is 11.4 Å². The second-order valence-corrected chi connectivity index (χ2v) is 9.07. The molecule has 0 spiro atoms. The quantitative estimate of drug-likeness (QED) is 0.611. The first-order valence-electron chi connectivity index (χ1n) is 11.8. The molecule has 1 N–H and O–H groups in total. The van der Waals surface area contributed by atoms with Gasteiger partial charge < -0.3 is 19.9 Å². The van der Waals surface area contributed by atoms with Crippen molar-refractivity contribution in [3.8, 4) is 11.4 Å². The average Bonchev–Trinajstić information content (AvgIpc) is 2.86. The number of hydrogen-bond acceptors (Lipinski definition) is 8. The number of hydrogen-bond donors (Lipinski definition) is 1. The van der Waals surface area contributed by atoms with Crippen molar-refractivity contribution in [2.24, 2.45) is 0 Å². The summed E-state index contributed by atoms with van der Waals surface area (Å²) in [5, 5.41) is 3.32. The lowest BCUT2D eigenvalue weighted by molar-refractivity contribution is 0.122. The van der Waals surface area contributed by atoms with Crippen LogP contribution in [0.1, 0.15) is 31.5 Å². The lowest BCUT2D eigenvalue weighted by atomic mass is 9.93. The van der Waals surface area contributed by atoms with E-state index in [0.717, 1.165) is 44.0 Å². The molecule has 2 atom stereocenters. The summed E-state index contributed by atoms with van der Waals surface area (Å²) in [6.07, 6.45) is 7.11.